The number of carbonyl (C=O) groups excluding carboxylic acids is 1. The monoisotopic (exact) mass is 217 g/mol. The molecule has 4 nitrogen and oxygen atoms in total. The van der Waals surface area contributed by atoms with Gasteiger partial charge in [0, 0.05) is 11.4 Å². The van der Waals surface area contributed by atoms with Crippen LogP contribution < -0.4 is 10.7 Å². The maximum Gasteiger partial charge on any atom is 0.253 e. The molecule has 2 rings (SSSR count). The lowest BCUT2D eigenvalue weighted by Crippen LogP contribution is -2.19. The van der Waals surface area contributed by atoms with Gasteiger partial charge in [-0.15, -0.1) is 0 Å². The van der Waals surface area contributed by atoms with Gasteiger partial charge >= 0.3 is 0 Å². The van der Waals surface area contributed by atoms with Crippen molar-refractivity contribution in [2.75, 3.05) is 10.7 Å². The van der Waals surface area contributed by atoms with Crippen LogP contribution in [0.4, 0.5) is 11.4 Å². The average molecular weight is 217 g/mol. The summed E-state index contributed by atoms with van der Waals surface area (Å²) in [5.41, 5.74) is 8.02. The van der Waals surface area contributed by atoms with E-state index in [0.717, 1.165) is 24.2 Å². The number of anilines is 2. The Labute approximate surface area is 94.7 Å². The average Bonchev–Trinajstić information content (AvgIpc) is 2.60. The van der Waals surface area contributed by atoms with Crippen LogP contribution >= 0.6 is 0 Å². The molecule has 1 amide bonds. The van der Waals surface area contributed by atoms with Gasteiger partial charge in [0.1, 0.15) is 0 Å². The van der Waals surface area contributed by atoms with Gasteiger partial charge in [-0.1, -0.05) is 19.4 Å². The number of hydrogen-bond acceptors (Lipinski definition) is 3. The van der Waals surface area contributed by atoms with Crippen LogP contribution in [0.2, 0.25) is 0 Å². The summed E-state index contributed by atoms with van der Waals surface area (Å²) in [6.07, 6.45) is 2.32. The fraction of sp³-hybridized carbons (Fsp3) is 0.333. The standard InChI is InChI=1S/C12H15N3O/c1-2-4-10-8-12(16)15(14-10)11-6-3-5-9(13)7-11/h3,5-7H,2,4,8,13H2,1H3. The lowest BCUT2D eigenvalue weighted by atomic mass is 10.2. The smallest absolute Gasteiger partial charge is 0.253 e. The van der Waals surface area contributed by atoms with Gasteiger partial charge in [0.05, 0.1) is 12.1 Å². The number of nitrogens with zero attached hydrogens (tertiary/aromatic N) is 2. The Morgan fingerprint density at radius 1 is 1.50 bits per heavy atom. The molecule has 1 aromatic rings. The van der Waals surface area contributed by atoms with Crippen LogP contribution in [0, 0.1) is 0 Å². The second-order valence-electron chi connectivity index (χ2n) is 3.89. The van der Waals surface area contributed by atoms with Crippen molar-refractivity contribution >= 4 is 23.0 Å². The number of hydrazone groups is 1. The van der Waals surface area contributed by atoms with Gasteiger partial charge in [-0.2, -0.15) is 5.10 Å². The first-order chi connectivity index (χ1) is 7.70. The molecule has 0 spiro atoms. The predicted molar refractivity (Wildman–Crippen MR) is 65.3 cm³/mol. The summed E-state index contributed by atoms with van der Waals surface area (Å²) in [6, 6.07) is 7.22. The molecule has 1 aliphatic heterocycles. The van der Waals surface area contributed by atoms with Crippen molar-refractivity contribution in [1.29, 1.82) is 0 Å². The predicted octanol–water partition coefficient (Wildman–Crippen LogP) is 2.16. The van der Waals surface area contributed by atoms with Crippen LogP contribution in [0.15, 0.2) is 29.4 Å². The highest BCUT2D eigenvalue weighted by molar-refractivity contribution is 6.13. The van der Waals surface area contributed by atoms with Gasteiger partial charge < -0.3 is 5.73 Å². The molecular weight excluding hydrogens is 202 g/mol. The van der Waals surface area contributed by atoms with Crippen LogP contribution in [0.5, 0.6) is 0 Å². The van der Waals surface area contributed by atoms with Gasteiger partial charge in [-0.3, -0.25) is 4.79 Å². The van der Waals surface area contributed by atoms with E-state index in [2.05, 4.69) is 12.0 Å². The van der Waals surface area contributed by atoms with Crippen LogP contribution in [0.25, 0.3) is 0 Å². The zero-order valence-corrected chi connectivity index (χ0v) is 9.31. The van der Waals surface area contributed by atoms with E-state index in [9.17, 15) is 4.79 Å². The van der Waals surface area contributed by atoms with E-state index in [1.807, 2.05) is 12.1 Å². The van der Waals surface area contributed by atoms with E-state index in [1.165, 1.54) is 5.01 Å². The normalized spacial score (nSPS) is 15.4. The molecule has 0 saturated carbocycles. The molecule has 0 aromatic heterocycles. The fourth-order valence-corrected chi connectivity index (χ4v) is 1.77. The molecule has 0 bridgehead atoms. The van der Waals surface area contributed by atoms with Crippen molar-refractivity contribution < 1.29 is 4.79 Å². The fourth-order valence-electron chi connectivity index (χ4n) is 1.77. The van der Waals surface area contributed by atoms with Gasteiger partial charge in [-0.05, 0) is 24.6 Å². The summed E-state index contributed by atoms with van der Waals surface area (Å²) in [4.78, 5) is 11.7. The molecule has 4 heteroatoms. The van der Waals surface area contributed by atoms with E-state index in [0.29, 0.717) is 12.1 Å². The van der Waals surface area contributed by atoms with Crippen LogP contribution in [0.3, 0.4) is 0 Å². The third-order valence-corrected chi connectivity index (χ3v) is 2.49. The van der Waals surface area contributed by atoms with E-state index < -0.39 is 0 Å². The van der Waals surface area contributed by atoms with Gasteiger partial charge in [0.2, 0.25) is 0 Å². The number of benzene rings is 1. The molecule has 2 N–H and O–H groups in total. The number of nitrogens with two attached hydrogens (primary N) is 1. The third-order valence-electron chi connectivity index (χ3n) is 2.49. The van der Waals surface area contributed by atoms with Crippen molar-refractivity contribution in [1.82, 2.24) is 0 Å². The third kappa shape index (κ3) is 2.05. The van der Waals surface area contributed by atoms with E-state index in [1.54, 1.807) is 12.1 Å². The number of rotatable bonds is 3. The Hall–Kier alpha value is -1.84. The largest absolute Gasteiger partial charge is 0.399 e. The Bertz CT molecular complexity index is 440. The molecule has 84 valence electrons. The Balaban J connectivity index is 2.24. The summed E-state index contributed by atoms with van der Waals surface area (Å²) in [7, 11) is 0. The number of amides is 1. The van der Waals surface area contributed by atoms with E-state index >= 15 is 0 Å². The molecule has 0 radical (unpaired) electrons. The lowest BCUT2D eigenvalue weighted by Gasteiger charge is -2.11. The SMILES string of the molecule is CCCC1=NN(c2cccc(N)c2)C(=O)C1. The van der Waals surface area contributed by atoms with Crippen molar-refractivity contribution in [3.8, 4) is 0 Å². The van der Waals surface area contributed by atoms with Gasteiger partial charge in [-0.25, -0.2) is 5.01 Å². The van der Waals surface area contributed by atoms with Crippen LogP contribution in [-0.2, 0) is 4.79 Å². The van der Waals surface area contributed by atoms with Crippen molar-refractivity contribution in [2.24, 2.45) is 5.10 Å². The molecule has 0 aliphatic carbocycles. The molecule has 0 atom stereocenters. The summed E-state index contributed by atoms with van der Waals surface area (Å²) >= 11 is 0. The zero-order valence-electron chi connectivity index (χ0n) is 9.31. The first-order valence-corrected chi connectivity index (χ1v) is 5.45. The van der Waals surface area contributed by atoms with Gasteiger partial charge in [0.15, 0.2) is 0 Å². The maximum absolute atomic E-state index is 11.7. The van der Waals surface area contributed by atoms with E-state index in [-0.39, 0.29) is 5.91 Å². The summed E-state index contributed by atoms with van der Waals surface area (Å²) in [5, 5.41) is 5.76. The molecule has 1 aliphatic rings. The van der Waals surface area contributed by atoms with Crippen molar-refractivity contribution in [2.45, 2.75) is 26.2 Å². The Morgan fingerprint density at radius 2 is 2.31 bits per heavy atom. The minimum atomic E-state index is 0.0223. The Kier molecular flexibility index (Phi) is 2.90. The summed E-state index contributed by atoms with van der Waals surface area (Å²) < 4.78 is 0. The lowest BCUT2D eigenvalue weighted by molar-refractivity contribution is -0.116. The minimum Gasteiger partial charge on any atom is -0.399 e. The molecule has 0 saturated heterocycles. The topological polar surface area (TPSA) is 58.7 Å². The molecule has 0 fully saturated rings. The highest BCUT2D eigenvalue weighted by atomic mass is 16.2. The van der Waals surface area contributed by atoms with Crippen LogP contribution in [-0.4, -0.2) is 11.6 Å². The highest BCUT2D eigenvalue weighted by Gasteiger charge is 2.24. The second kappa shape index (κ2) is 4.35. The first kappa shape index (κ1) is 10.7. The molecular formula is C12H15N3O. The minimum absolute atomic E-state index is 0.0223. The van der Waals surface area contributed by atoms with Crippen molar-refractivity contribution in [3.63, 3.8) is 0 Å². The van der Waals surface area contributed by atoms with Crippen molar-refractivity contribution in [3.05, 3.63) is 24.3 Å². The van der Waals surface area contributed by atoms with E-state index in [4.69, 9.17) is 5.73 Å². The molecule has 0 unspecified atom stereocenters. The zero-order chi connectivity index (χ0) is 11.5. The molecule has 1 aromatic carbocycles. The molecule has 16 heavy (non-hydrogen) atoms. The van der Waals surface area contributed by atoms with Gasteiger partial charge in [0.25, 0.3) is 5.91 Å². The summed E-state index contributed by atoms with van der Waals surface area (Å²) in [5.74, 6) is 0.0223. The Morgan fingerprint density at radius 3 is 3.00 bits per heavy atom. The first-order valence-electron chi connectivity index (χ1n) is 5.45. The number of nitrogen functional groups attached to an aromatic ring is 1. The quantitative estimate of drug-likeness (QED) is 0.789. The maximum atomic E-state index is 11.7. The number of hydrogen-bond donors (Lipinski definition) is 1. The number of carbonyl (C=O) groups is 1. The summed E-state index contributed by atoms with van der Waals surface area (Å²) in [6.45, 7) is 2.08. The van der Waals surface area contributed by atoms with Crippen LogP contribution in [0.1, 0.15) is 26.2 Å². The highest BCUT2D eigenvalue weighted by Crippen LogP contribution is 2.23. The molecule has 1 heterocycles. The second-order valence-corrected chi connectivity index (χ2v) is 3.89.